The Morgan fingerprint density at radius 3 is 2.91 bits per heavy atom. The van der Waals surface area contributed by atoms with Crippen molar-refractivity contribution in [1.29, 1.82) is 0 Å². The normalized spacial score (nSPS) is 12.4. The maximum atomic E-state index is 5.90. The average molecular weight is 442 g/mol. The van der Waals surface area contributed by atoms with E-state index < -0.39 is 0 Å². The van der Waals surface area contributed by atoms with Gasteiger partial charge in [0.2, 0.25) is 0 Å². The molecule has 0 saturated heterocycles. The van der Waals surface area contributed by atoms with Crippen LogP contribution in [0.25, 0.3) is 0 Å². The number of aliphatic imine (C=N–C) groups is 1. The zero-order valence-electron chi connectivity index (χ0n) is 13.0. The van der Waals surface area contributed by atoms with Gasteiger partial charge in [0.15, 0.2) is 5.96 Å². The van der Waals surface area contributed by atoms with Crippen LogP contribution in [0, 0.1) is 0 Å². The highest BCUT2D eigenvalue weighted by Crippen LogP contribution is 2.18. The van der Waals surface area contributed by atoms with E-state index in [1.54, 1.807) is 12.1 Å². The van der Waals surface area contributed by atoms with E-state index >= 15 is 0 Å². The second-order valence-corrected chi connectivity index (χ2v) is 5.03. The minimum absolute atomic E-state index is 0. The van der Waals surface area contributed by atoms with Crippen LogP contribution in [-0.4, -0.2) is 38.4 Å². The number of rotatable bonds is 9. The van der Waals surface area contributed by atoms with E-state index in [9.17, 15) is 0 Å². The molecule has 0 fully saturated rings. The Bertz CT molecular complexity index is 447. The van der Waals surface area contributed by atoms with Crippen molar-refractivity contribution >= 4 is 41.5 Å². The van der Waals surface area contributed by atoms with Crippen LogP contribution >= 0.6 is 35.6 Å². The van der Waals surface area contributed by atoms with Gasteiger partial charge in [-0.3, -0.25) is 0 Å². The Labute approximate surface area is 154 Å². The quantitative estimate of drug-likeness (QED) is 0.267. The molecule has 3 N–H and O–H groups in total. The predicted octanol–water partition coefficient (Wildman–Crippen LogP) is 3.06. The Morgan fingerprint density at radius 1 is 1.45 bits per heavy atom. The Kier molecular flexibility index (Phi) is 12.4. The number of halogens is 2. The molecular weight excluding hydrogens is 417 g/mol. The number of nitrogens with one attached hydrogen (secondary N) is 1. The van der Waals surface area contributed by atoms with Crippen molar-refractivity contribution in [2.24, 2.45) is 10.7 Å². The van der Waals surface area contributed by atoms with Crippen LogP contribution in [0.15, 0.2) is 29.3 Å². The summed E-state index contributed by atoms with van der Waals surface area (Å²) < 4.78 is 10.9. The summed E-state index contributed by atoms with van der Waals surface area (Å²) in [5, 5.41) is 3.69. The van der Waals surface area contributed by atoms with Gasteiger partial charge in [-0.1, -0.05) is 17.7 Å². The van der Waals surface area contributed by atoms with Crippen molar-refractivity contribution in [3.63, 3.8) is 0 Å². The average Bonchev–Trinajstić information content (AvgIpc) is 2.45. The number of benzene rings is 1. The fourth-order valence-corrected chi connectivity index (χ4v) is 1.81. The molecule has 1 aromatic rings. The highest BCUT2D eigenvalue weighted by atomic mass is 127. The zero-order chi connectivity index (χ0) is 15.5. The zero-order valence-corrected chi connectivity index (χ0v) is 16.1. The molecule has 126 valence electrons. The van der Waals surface area contributed by atoms with E-state index in [2.05, 4.69) is 10.3 Å². The lowest BCUT2D eigenvalue weighted by Crippen LogP contribution is -2.34. The summed E-state index contributed by atoms with van der Waals surface area (Å²) in [5.41, 5.74) is 5.78. The SMILES string of the molecule is CCOCCCNC(N)=NCC(C)Oc1cccc(Cl)c1.I. The number of guanidine groups is 1. The first kappa shape index (κ1) is 21.3. The number of ether oxygens (including phenoxy) is 2. The molecule has 0 aliphatic carbocycles. The molecule has 0 bridgehead atoms. The summed E-state index contributed by atoms with van der Waals surface area (Å²) in [6.07, 6.45) is 0.825. The molecule has 1 aromatic carbocycles. The number of hydrogen-bond acceptors (Lipinski definition) is 3. The summed E-state index contributed by atoms with van der Waals surface area (Å²) in [7, 11) is 0. The van der Waals surface area contributed by atoms with Gasteiger partial charge in [0.25, 0.3) is 0 Å². The lowest BCUT2D eigenvalue weighted by molar-refractivity contribution is 0.145. The summed E-state index contributed by atoms with van der Waals surface area (Å²) in [6, 6.07) is 7.29. The van der Waals surface area contributed by atoms with E-state index in [1.165, 1.54) is 0 Å². The van der Waals surface area contributed by atoms with Crippen LogP contribution in [0.3, 0.4) is 0 Å². The summed E-state index contributed by atoms with van der Waals surface area (Å²) in [5.74, 6) is 1.15. The molecule has 5 nitrogen and oxygen atoms in total. The molecule has 22 heavy (non-hydrogen) atoms. The smallest absolute Gasteiger partial charge is 0.188 e. The van der Waals surface area contributed by atoms with Gasteiger partial charge in [0.1, 0.15) is 11.9 Å². The van der Waals surface area contributed by atoms with Crippen LogP contribution in [0.1, 0.15) is 20.3 Å². The van der Waals surface area contributed by atoms with Gasteiger partial charge in [0.05, 0.1) is 6.54 Å². The summed E-state index contributed by atoms with van der Waals surface area (Å²) >= 11 is 5.90. The van der Waals surface area contributed by atoms with Crippen molar-refractivity contribution < 1.29 is 9.47 Å². The third kappa shape index (κ3) is 10.1. The van der Waals surface area contributed by atoms with Crippen LogP contribution in [-0.2, 0) is 4.74 Å². The van der Waals surface area contributed by atoms with Gasteiger partial charge in [-0.2, -0.15) is 0 Å². The Hall–Kier alpha value is -0.730. The second-order valence-electron chi connectivity index (χ2n) is 4.59. The number of hydrogen-bond donors (Lipinski definition) is 2. The van der Waals surface area contributed by atoms with Crippen LogP contribution in [0.2, 0.25) is 5.02 Å². The topological polar surface area (TPSA) is 68.9 Å². The molecular formula is C15H25ClIN3O2. The third-order valence-electron chi connectivity index (χ3n) is 2.63. The molecule has 0 saturated carbocycles. The van der Waals surface area contributed by atoms with E-state index in [0.29, 0.717) is 17.5 Å². The van der Waals surface area contributed by atoms with Crippen molar-refractivity contribution in [2.45, 2.75) is 26.4 Å². The third-order valence-corrected chi connectivity index (χ3v) is 2.86. The largest absolute Gasteiger partial charge is 0.489 e. The molecule has 0 radical (unpaired) electrons. The highest BCUT2D eigenvalue weighted by molar-refractivity contribution is 14.0. The molecule has 1 atom stereocenters. The van der Waals surface area contributed by atoms with Crippen LogP contribution < -0.4 is 15.8 Å². The van der Waals surface area contributed by atoms with Crippen molar-refractivity contribution in [3.05, 3.63) is 29.3 Å². The first-order valence-corrected chi connectivity index (χ1v) is 7.53. The minimum Gasteiger partial charge on any atom is -0.489 e. The standard InChI is InChI=1S/C15H24ClN3O2.HI/c1-3-20-9-5-8-18-15(17)19-11-12(2)21-14-7-4-6-13(16)10-14;/h4,6-7,10,12H,3,5,8-9,11H2,1-2H3,(H3,17,18,19);1H. The maximum absolute atomic E-state index is 5.90. The van der Waals surface area contributed by atoms with Crippen molar-refractivity contribution in [1.82, 2.24) is 5.32 Å². The van der Waals surface area contributed by atoms with E-state index in [0.717, 1.165) is 31.9 Å². The van der Waals surface area contributed by atoms with E-state index in [-0.39, 0.29) is 30.1 Å². The maximum Gasteiger partial charge on any atom is 0.188 e. The Balaban J connectivity index is 0.00000441. The van der Waals surface area contributed by atoms with Crippen LogP contribution in [0.4, 0.5) is 0 Å². The molecule has 0 aromatic heterocycles. The minimum atomic E-state index is -0.0766. The molecule has 7 heteroatoms. The van der Waals surface area contributed by atoms with Gasteiger partial charge in [-0.15, -0.1) is 24.0 Å². The Morgan fingerprint density at radius 2 is 2.23 bits per heavy atom. The van der Waals surface area contributed by atoms with E-state index in [1.807, 2.05) is 26.0 Å². The lowest BCUT2D eigenvalue weighted by Gasteiger charge is -2.13. The fraction of sp³-hybridized carbons (Fsp3) is 0.533. The van der Waals surface area contributed by atoms with Crippen molar-refractivity contribution in [2.75, 3.05) is 26.3 Å². The fourth-order valence-electron chi connectivity index (χ4n) is 1.63. The molecule has 0 aliphatic rings. The summed E-state index contributed by atoms with van der Waals surface area (Å²) in [4.78, 5) is 4.24. The van der Waals surface area contributed by atoms with Crippen molar-refractivity contribution in [3.8, 4) is 5.75 Å². The summed E-state index contributed by atoms with van der Waals surface area (Å²) in [6.45, 7) is 6.61. The van der Waals surface area contributed by atoms with Gasteiger partial charge >= 0.3 is 0 Å². The molecule has 1 rings (SSSR count). The predicted molar refractivity (Wildman–Crippen MR) is 103 cm³/mol. The highest BCUT2D eigenvalue weighted by Gasteiger charge is 2.04. The van der Waals surface area contributed by atoms with Gasteiger partial charge in [-0.05, 0) is 38.5 Å². The molecule has 0 aliphatic heterocycles. The molecule has 0 heterocycles. The molecule has 1 unspecified atom stereocenters. The second kappa shape index (κ2) is 12.8. The van der Waals surface area contributed by atoms with Gasteiger partial charge in [-0.25, -0.2) is 4.99 Å². The first-order valence-electron chi connectivity index (χ1n) is 7.15. The molecule has 0 spiro atoms. The number of nitrogens with two attached hydrogens (primary N) is 1. The first-order chi connectivity index (χ1) is 10.1. The van der Waals surface area contributed by atoms with Gasteiger partial charge < -0.3 is 20.5 Å². The molecule has 0 amide bonds. The monoisotopic (exact) mass is 441 g/mol. The van der Waals surface area contributed by atoms with Gasteiger partial charge in [0, 0.05) is 24.8 Å². The van der Waals surface area contributed by atoms with Crippen LogP contribution in [0.5, 0.6) is 5.75 Å². The number of nitrogens with zero attached hydrogens (tertiary/aromatic N) is 1. The lowest BCUT2D eigenvalue weighted by atomic mass is 10.3. The van der Waals surface area contributed by atoms with E-state index in [4.69, 9.17) is 26.8 Å².